The predicted octanol–water partition coefficient (Wildman–Crippen LogP) is 2.29. The van der Waals surface area contributed by atoms with Crippen molar-refractivity contribution in [3.05, 3.63) is 67.3 Å². The molecule has 8 nitrogen and oxygen atoms in total. The predicted molar refractivity (Wildman–Crippen MR) is 65.6 cm³/mol. The Kier molecular flexibility index (Phi) is 3.34. The van der Waals surface area contributed by atoms with E-state index in [1.807, 2.05) is 0 Å². The van der Waals surface area contributed by atoms with Crippen molar-refractivity contribution in [3.8, 4) is 5.75 Å². The SMILES string of the molecule is O=[N+]([O-])/C(Cl)=C\C(=C1\Nc2ccccc2O1)[N+](=O)[O-]. The summed E-state index contributed by atoms with van der Waals surface area (Å²) in [6.45, 7) is 0. The molecule has 9 heteroatoms. The van der Waals surface area contributed by atoms with E-state index >= 15 is 0 Å². The van der Waals surface area contributed by atoms with E-state index in [4.69, 9.17) is 16.3 Å². The van der Waals surface area contributed by atoms with Crippen LogP contribution in [0.15, 0.2) is 47.1 Å². The zero-order valence-electron chi connectivity index (χ0n) is 9.20. The van der Waals surface area contributed by atoms with E-state index in [-0.39, 0.29) is 5.88 Å². The number of benzene rings is 1. The lowest BCUT2D eigenvalue weighted by atomic mass is 10.3. The van der Waals surface area contributed by atoms with Gasteiger partial charge < -0.3 is 10.1 Å². The van der Waals surface area contributed by atoms with Crippen molar-refractivity contribution < 1.29 is 14.6 Å². The van der Waals surface area contributed by atoms with E-state index < -0.39 is 20.7 Å². The van der Waals surface area contributed by atoms with E-state index in [2.05, 4.69) is 5.32 Å². The molecule has 1 heterocycles. The quantitative estimate of drug-likeness (QED) is 0.518. The Bertz CT molecular complexity index is 598. The maximum absolute atomic E-state index is 10.9. The van der Waals surface area contributed by atoms with Crippen LogP contribution < -0.4 is 10.1 Å². The summed E-state index contributed by atoms with van der Waals surface area (Å²) in [4.78, 5) is 19.5. The van der Waals surface area contributed by atoms with Crippen molar-refractivity contribution in [2.24, 2.45) is 0 Å². The number of rotatable bonds is 3. The molecular weight excluding hydrogens is 278 g/mol. The highest BCUT2D eigenvalue weighted by molar-refractivity contribution is 6.28. The molecule has 0 saturated heterocycles. The lowest BCUT2D eigenvalue weighted by molar-refractivity contribution is -0.429. The first-order valence-corrected chi connectivity index (χ1v) is 5.31. The van der Waals surface area contributed by atoms with Crippen LogP contribution in [0.4, 0.5) is 5.69 Å². The zero-order chi connectivity index (χ0) is 14.0. The first-order chi connectivity index (χ1) is 8.99. The molecule has 1 aromatic rings. The van der Waals surface area contributed by atoms with Crippen molar-refractivity contribution in [1.29, 1.82) is 0 Å². The van der Waals surface area contributed by atoms with Gasteiger partial charge in [0.05, 0.1) is 15.5 Å². The van der Waals surface area contributed by atoms with Gasteiger partial charge in [-0.25, -0.2) is 0 Å². The largest absolute Gasteiger partial charge is 0.433 e. The summed E-state index contributed by atoms with van der Waals surface area (Å²) in [5.41, 5.74) is -0.0969. The molecule has 0 saturated carbocycles. The number of para-hydroxylation sites is 2. The minimum atomic E-state index is -0.937. The van der Waals surface area contributed by atoms with Crippen LogP contribution in [0.3, 0.4) is 0 Å². The van der Waals surface area contributed by atoms with Crippen LogP contribution in [0.5, 0.6) is 5.75 Å². The Labute approximate surface area is 111 Å². The summed E-state index contributed by atoms with van der Waals surface area (Å²) in [6.07, 6.45) is 0.621. The molecule has 0 amide bonds. The molecule has 0 radical (unpaired) electrons. The Morgan fingerprint density at radius 1 is 1.26 bits per heavy atom. The third kappa shape index (κ3) is 2.63. The average molecular weight is 284 g/mol. The second-order valence-corrected chi connectivity index (χ2v) is 3.81. The Hall–Kier alpha value is -2.61. The van der Waals surface area contributed by atoms with E-state index in [1.165, 1.54) is 0 Å². The molecule has 1 aliphatic rings. The van der Waals surface area contributed by atoms with Gasteiger partial charge in [0, 0.05) is 0 Å². The van der Waals surface area contributed by atoms with Gasteiger partial charge >= 0.3 is 10.9 Å². The number of allylic oxidation sites excluding steroid dienone is 1. The minimum Gasteiger partial charge on any atom is -0.433 e. The van der Waals surface area contributed by atoms with Gasteiger partial charge in [0.25, 0.3) is 5.88 Å². The molecule has 0 bridgehead atoms. The monoisotopic (exact) mass is 283 g/mol. The lowest BCUT2D eigenvalue weighted by Crippen LogP contribution is -2.09. The number of anilines is 1. The number of nitro groups is 2. The summed E-state index contributed by atoms with van der Waals surface area (Å²) >= 11 is 5.28. The summed E-state index contributed by atoms with van der Waals surface area (Å²) in [6, 6.07) is 6.66. The van der Waals surface area contributed by atoms with Gasteiger partial charge in [-0.2, -0.15) is 0 Å². The van der Waals surface area contributed by atoms with Gasteiger partial charge in [0.15, 0.2) is 5.75 Å². The van der Waals surface area contributed by atoms with E-state index in [1.54, 1.807) is 24.3 Å². The van der Waals surface area contributed by atoms with Gasteiger partial charge in [0.1, 0.15) is 6.08 Å². The van der Waals surface area contributed by atoms with Crippen LogP contribution in [0.1, 0.15) is 0 Å². The van der Waals surface area contributed by atoms with Crippen molar-refractivity contribution in [3.63, 3.8) is 0 Å². The molecule has 2 rings (SSSR count). The molecule has 0 spiro atoms. The van der Waals surface area contributed by atoms with E-state index in [0.717, 1.165) is 0 Å². The van der Waals surface area contributed by atoms with Gasteiger partial charge in [-0.05, 0) is 23.7 Å². The van der Waals surface area contributed by atoms with Gasteiger partial charge in [-0.15, -0.1) is 0 Å². The minimum absolute atomic E-state index is 0.216. The third-order valence-corrected chi connectivity index (χ3v) is 2.45. The Morgan fingerprint density at radius 3 is 2.53 bits per heavy atom. The smallest absolute Gasteiger partial charge is 0.344 e. The average Bonchev–Trinajstić information content (AvgIpc) is 2.78. The normalized spacial score (nSPS) is 16.2. The summed E-state index contributed by atoms with van der Waals surface area (Å²) in [5.74, 6) is 0.175. The highest BCUT2D eigenvalue weighted by Gasteiger charge is 2.28. The molecule has 0 fully saturated rings. The van der Waals surface area contributed by atoms with E-state index in [9.17, 15) is 20.2 Å². The fourth-order valence-corrected chi connectivity index (χ4v) is 1.50. The molecule has 1 N–H and O–H groups in total. The second kappa shape index (κ2) is 4.94. The lowest BCUT2D eigenvalue weighted by Gasteiger charge is -1.98. The van der Waals surface area contributed by atoms with Crippen molar-refractivity contribution in [1.82, 2.24) is 0 Å². The number of hydrogen-bond acceptors (Lipinski definition) is 6. The maximum atomic E-state index is 10.9. The van der Waals surface area contributed by atoms with Gasteiger partial charge in [0.2, 0.25) is 0 Å². The molecule has 0 aromatic heterocycles. The molecule has 0 aliphatic carbocycles. The zero-order valence-corrected chi connectivity index (χ0v) is 9.96. The number of nitrogens with one attached hydrogen (secondary N) is 1. The van der Waals surface area contributed by atoms with Crippen LogP contribution >= 0.6 is 11.6 Å². The molecule has 0 atom stereocenters. The fourth-order valence-electron chi connectivity index (χ4n) is 1.40. The van der Waals surface area contributed by atoms with Crippen LogP contribution in [-0.4, -0.2) is 9.85 Å². The number of fused-ring (bicyclic) bond motifs is 1. The fraction of sp³-hybridized carbons (Fsp3) is 0. The van der Waals surface area contributed by atoms with Gasteiger partial charge in [-0.1, -0.05) is 12.1 Å². The van der Waals surface area contributed by atoms with E-state index in [0.29, 0.717) is 17.5 Å². The first-order valence-electron chi connectivity index (χ1n) is 4.93. The molecule has 19 heavy (non-hydrogen) atoms. The molecule has 0 unspecified atom stereocenters. The number of nitrogens with zero attached hydrogens (tertiary/aromatic N) is 2. The Morgan fingerprint density at radius 2 is 1.95 bits per heavy atom. The molecule has 1 aromatic carbocycles. The third-order valence-electron chi connectivity index (χ3n) is 2.21. The van der Waals surface area contributed by atoms with Crippen molar-refractivity contribution in [2.75, 3.05) is 5.32 Å². The molecule has 1 aliphatic heterocycles. The van der Waals surface area contributed by atoms with Crippen molar-refractivity contribution >= 4 is 17.3 Å². The van der Waals surface area contributed by atoms with Crippen LogP contribution in [-0.2, 0) is 0 Å². The molecule has 98 valence electrons. The summed E-state index contributed by atoms with van der Waals surface area (Å²) in [7, 11) is 0. The van der Waals surface area contributed by atoms with Crippen LogP contribution in [0, 0.1) is 20.2 Å². The molecular formula is C10H6ClN3O5. The number of halogens is 1. The number of hydrogen-bond donors (Lipinski definition) is 1. The maximum Gasteiger partial charge on any atom is 0.344 e. The highest BCUT2D eigenvalue weighted by atomic mass is 35.5. The summed E-state index contributed by atoms with van der Waals surface area (Å²) in [5, 5.41) is 23.1. The van der Waals surface area contributed by atoms with Gasteiger partial charge in [-0.3, -0.25) is 20.2 Å². The summed E-state index contributed by atoms with van der Waals surface area (Å²) < 4.78 is 5.21. The number of ether oxygens (including phenoxy) is 1. The van der Waals surface area contributed by atoms with Crippen LogP contribution in [0.25, 0.3) is 0 Å². The van der Waals surface area contributed by atoms with Crippen LogP contribution in [0.2, 0.25) is 0 Å². The topological polar surface area (TPSA) is 108 Å². The highest BCUT2D eigenvalue weighted by Crippen LogP contribution is 2.34. The van der Waals surface area contributed by atoms with Crippen molar-refractivity contribution in [2.45, 2.75) is 0 Å². The Balaban J connectivity index is 2.42. The first kappa shape index (κ1) is 12.8. The second-order valence-electron chi connectivity index (χ2n) is 3.42. The standard InChI is InChI=1S/C10H6ClN3O5/c11-9(14(17)18)5-7(13(15)16)10-12-6-3-1-2-4-8(6)19-10/h1-5,12H/b9-5-,10-7+.